The molecule has 21 rings (SSSR count). The molecule has 124 heavy (non-hydrogen) atoms. The second-order valence-electron chi connectivity index (χ2n) is 32.3. The Kier molecular flexibility index (Phi) is 25.9. The van der Waals surface area contributed by atoms with Crippen LogP contribution in [-0.4, -0.2) is 116 Å². The van der Waals surface area contributed by atoms with E-state index in [-0.39, 0.29) is 0 Å². The summed E-state index contributed by atoms with van der Waals surface area (Å²) in [4.78, 5) is 51.7. The summed E-state index contributed by atoms with van der Waals surface area (Å²) in [5.41, 5.74) is 44.1. The van der Waals surface area contributed by atoms with E-state index >= 15 is 0 Å². The monoisotopic (exact) mass is 1720 g/mol. The molecule has 632 valence electrons. The average Bonchev–Trinajstić information content (AvgIpc) is 1.63. The van der Waals surface area contributed by atoms with Crippen LogP contribution in [0, 0.1) is 27.7 Å². The molecule has 16 aromatic rings. The van der Waals surface area contributed by atoms with Crippen molar-refractivity contribution in [2.75, 3.05) is 35.7 Å². The van der Waals surface area contributed by atoms with Crippen molar-refractivity contribution in [3.05, 3.63) is 228 Å². The molecule has 27 nitrogen and oxygen atoms in total. The van der Waals surface area contributed by atoms with Crippen molar-refractivity contribution in [2.45, 2.75) is 216 Å². The Labute approximate surface area is 737 Å². The number of hydrogen-bond acceptors (Lipinski definition) is 26. The molecule has 31 heteroatoms. The minimum absolute atomic E-state index is 0.371. The number of aryl methyl sites for hydroxylation is 4. The Morgan fingerprint density at radius 2 is 0.718 bits per heavy atom. The van der Waals surface area contributed by atoms with Crippen LogP contribution in [-0.2, 0) is 0 Å². The van der Waals surface area contributed by atoms with Gasteiger partial charge >= 0.3 is 0 Å². The molecule has 0 unspecified atom stereocenters. The largest absolute Gasteiger partial charge is 0.456 e. The average molecular weight is 1730 g/mol. The molecule has 5 saturated carbocycles. The van der Waals surface area contributed by atoms with Gasteiger partial charge in [0, 0.05) is 22.4 Å². The number of fused-ring (bicyclic) bond motifs is 5. The van der Waals surface area contributed by atoms with E-state index in [1.54, 1.807) is 36.9 Å². The van der Waals surface area contributed by atoms with Crippen molar-refractivity contribution >= 4 is 142 Å². The molecule has 0 saturated heterocycles. The van der Waals surface area contributed by atoms with E-state index < -0.39 is 0 Å². The molecular formula is C93H100N26OS4. The van der Waals surface area contributed by atoms with E-state index in [0.29, 0.717) is 64.2 Å². The third kappa shape index (κ3) is 18.4. The molecule has 0 spiro atoms. The first kappa shape index (κ1) is 83.9. The summed E-state index contributed by atoms with van der Waals surface area (Å²) < 4.78 is 16.3. The van der Waals surface area contributed by atoms with Gasteiger partial charge in [-0.2, -0.15) is 25.5 Å². The van der Waals surface area contributed by atoms with E-state index in [0.717, 1.165) is 189 Å². The van der Waals surface area contributed by atoms with Crippen molar-refractivity contribution in [1.82, 2.24) is 98.7 Å². The molecule has 6 aromatic carbocycles. The minimum Gasteiger partial charge on any atom is -0.456 e. The van der Waals surface area contributed by atoms with E-state index in [4.69, 9.17) is 71.1 Å². The molecule has 0 radical (unpaired) electrons. The van der Waals surface area contributed by atoms with Crippen LogP contribution in [0.3, 0.4) is 0 Å². The maximum atomic E-state index is 6.24. The summed E-state index contributed by atoms with van der Waals surface area (Å²) in [5, 5.41) is 31.1. The van der Waals surface area contributed by atoms with Crippen LogP contribution in [0.5, 0.6) is 11.5 Å². The van der Waals surface area contributed by atoms with Crippen molar-refractivity contribution < 1.29 is 4.74 Å². The maximum Gasteiger partial charge on any atom is 0.164 e. The lowest BCUT2D eigenvalue weighted by Gasteiger charge is -2.25. The van der Waals surface area contributed by atoms with Gasteiger partial charge in [-0.1, -0.05) is 225 Å². The maximum absolute atomic E-state index is 6.24. The predicted molar refractivity (Wildman–Crippen MR) is 499 cm³/mol. The minimum atomic E-state index is 0.371. The number of nitrogen functional groups attached to an aromatic ring is 5. The van der Waals surface area contributed by atoms with Crippen LogP contribution in [0.1, 0.15) is 203 Å². The van der Waals surface area contributed by atoms with Crippen molar-refractivity contribution in [3.8, 4) is 11.5 Å². The standard InChI is InChI=1S/C22H21N5OS.C19H22N6.C18H19N5S.C18H21N5S.C16H17N5S/c23-20-19-21(25-14-24-20)27(15-8-4-5-9-15)26-22(19)29-18-13-7-6-12-17(18)28-16-10-2-1-3-11-16;1-12-6-5-7-13(10-12)16(21-2)17-15-18(20)22-11-23-19(15)25(24-17)14-8-3-4-9-14;1-11-5-4-6-12(9-11)16(24)15-14-17(19)20-10-21-18(14)23(22-15)13-7-2-3-8-13;1-12-6-5-9-14(10-12)24-18-15-16(19)20-11-21-17(15)23(22-18)13-7-3-2-4-8-13;1-10-5-7-12(8-6-10)22-16-13-14(17)18-9-19-15(13)21(20-16)11-3-2-4-11/h1-3,6-7,10-15H,4-5,8-9H2,(H2,23,24,25);5-7,10-11,14H,3-4,8-9H2,1-2H3,(H2,20,22,23);4-6,9-10,13H,2-3,7-8H2,1H3,(H2,19,20,21);5-6,9-11,13H,2-4,7-8H2,1H3,(H2,19,20,21);5-9,11H,2-4H2,1H3,(H2,17,18,19). The van der Waals surface area contributed by atoms with Crippen LogP contribution >= 0.6 is 47.5 Å². The fraction of sp³-hybridized carbons (Fsp3) is 0.323. The number of anilines is 5. The second kappa shape index (κ2) is 38.2. The van der Waals surface area contributed by atoms with E-state index in [2.05, 4.69) is 166 Å². The van der Waals surface area contributed by atoms with Gasteiger partial charge in [0.05, 0.1) is 72.6 Å². The van der Waals surface area contributed by atoms with Gasteiger partial charge in [-0.15, -0.1) is 0 Å². The topological polar surface area (TPSA) is 370 Å². The summed E-state index contributed by atoms with van der Waals surface area (Å²) >= 11 is 10.5. The zero-order valence-corrected chi connectivity index (χ0v) is 73.4. The van der Waals surface area contributed by atoms with Gasteiger partial charge in [-0.05, 0) is 158 Å². The Bertz CT molecular complexity index is 6510. The van der Waals surface area contributed by atoms with Gasteiger partial charge < -0.3 is 33.4 Å². The van der Waals surface area contributed by atoms with Crippen LogP contribution in [0.4, 0.5) is 29.1 Å². The number of aliphatic imine (C=N–C) groups is 1. The number of hydrogen-bond donors (Lipinski definition) is 5. The summed E-state index contributed by atoms with van der Waals surface area (Å²) in [6, 6.07) is 53.0. The van der Waals surface area contributed by atoms with E-state index in [9.17, 15) is 0 Å². The SMILES string of the molecule is CN=C(c1cccc(C)c1)c1nn(C2CCCC2)c2ncnc(N)c12.Cc1ccc(Sc2nn(C3CCC3)c3ncnc(N)c23)cc1.Cc1cccc(C(=S)c2nn(C3CCCC3)c3ncnc(N)c23)c1.Cc1cccc(Sc2nn(C3CCCCC3)c3ncnc(N)c23)c1.Nc1ncnc2c1c(Sc1ccccc1Oc1ccccc1)nn2C1CCCC1. The molecule has 10 N–H and O–H groups in total. The Morgan fingerprint density at radius 1 is 0.347 bits per heavy atom. The van der Waals surface area contributed by atoms with Gasteiger partial charge in [0.2, 0.25) is 0 Å². The molecule has 0 aliphatic heterocycles. The molecule has 5 aliphatic rings. The molecular weight excluding hydrogens is 1630 g/mol. The highest BCUT2D eigenvalue weighted by atomic mass is 32.2. The number of thiocarbonyl (C=S) groups is 1. The summed E-state index contributed by atoms with van der Waals surface area (Å²) in [5.74, 6) is 3.95. The van der Waals surface area contributed by atoms with Gasteiger partial charge in [0.1, 0.15) is 98.7 Å². The van der Waals surface area contributed by atoms with Crippen molar-refractivity contribution in [3.63, 3.8) is 0 Å². The number of rotatable bonds is 17. The normalized spacial score (nSPS) is 15.3. The highest BCUT2D eigenvalue weighted by molar-refractivity contribution is 8.00. The Morgan fingerprint density at radius 3 is 1.17 bits per heavy atom. The second-order valence-corrected chi connectivity index (χ2v) is 35.8. The van der Waals surface area contributed by atoms with Gasteiger partial charge in [0.15, 0.2) is 28.2 Å². The van der Waals surface area contributed by atoms with Crippen LogP contribution in [0.2, 0.25) is 0 Å². The van der Waals surface area contributed by atoms with Crippen molar-refractivity contribution in [1.29, 1.82) is 0 Å². The third-order valence-corrected chi connectivity index (χ3v) is 27.0. The van der Waals surface area contributed by atoms with E-state index in [1.165, 1.54) is 124 Å². The van der Waals surface area contributed by atoms with E-state index in [1.807, 2.05) is 91.5 Å². The number of ether oxygens (including phenoxy) is 1. The summed E-state index contributed by atoms with van der Waals surface area (Å²) in [6.45, 7) is 8.31. The van der Waals surface area contributed by atoms with Crippen molar-refractivity contribution in [2.24, 2.45) is 4.99 Å². The first-order chi connectivity index (χ1) is 60.6. The molecule has 0 atom stereocenters. The quantitative estimate of drug-likeness (QED) is 0.0321. The number of para-hydroxylation sites is 2. The lowest BCUT2D eigenvalue weighted by Crippen LogP contribution is -2.18. The highest BCUT2D eigenvalue weighted by Gasteiger charge is 2.32. The molecule has 0 bridgehead atoms. The van der Waals surface area contributed by atoms with Gasteiger partial charge in [-0.25, -0.2) is 73.2 Å². The van der Waals surface area contributed by atoms with Crippen LogP contribution in [0.15, 0.2) is 218 Å². The molecule has 5 aliphatic carbocycles. The lowest BCUT2D eigenvalue weighted by atomic mass is 9.93. The fourth-order valence-corrected chi connectivity index (χ4v) is 20.3. The molecule has 10 heterocycles. The Balaban J connectivity index is 0.000000110. The number of nitrogens with zero attached hydrogens (tertiary/aromatic N) is 21. The number of nitrogens with two attached hydrogens (primary N) is 5. The smallest absolute Gasteiger partial charge is 0.164 e. The number of aromatic nitrogens is 20. The third-order valence-electron chi connectivity index (χ3n) is 23.5. The summed E-state index contributed by atoms with van der Waals surface area (Å²) in [7, 11) is 1.79. The van der Waals surface area contributed by atoms with Gasteiger partial charge in [-0.3, -0.25) is 4.99 Å². The fourth-order valence-electron chi connectivity index (χ4n) is 17.0. The molecule has 10 aromatic heterocycles. The zero-order chi connectivity index (χ0) is 85.3. The predicted octanol–water partition coefficient (Wildman–Crippen LogP) is 20.3. The molecule has 5 fully saturated rings. The first-order valence-corrected chi connectivity index (χ1v) is 45.5. The van der Waals surface area contributed by atoms with Crippen LogP contribution < -0.4 is 33.4 Å². The summed E-state index contributed by atoms with van der Waals surface area (Å²) in [6.07, 6.45) is 31.5. The Hall–Kier alpha value is -12.3. The van der Waals surface area contributed by atoms with Gasteiger partial charge in [0.25, 0.3) is 0 Å². The lowest BCUT2D eigenvalue weighted by molar-refractivity contribution is 0.293. The first-order valence-electron chi connectivity index (χ1n) is 42.7. The highest BCUT2D eigenvalue weighted by Crippen LogP contribution is 2.46. The zero-order valence-electron chi connectivity index (χ0n) is 70.2. The molecule has 0 amide bonds. The number of benzene rings is 6. The van der Waals surface area contributed by atoms with Crippen LogP contribution in [0.25, 0.3) is 55.2 Å².